The van der Waals surface area contributed by atoms with Gasteiger partial charge in [0, 0.05) is 0 Å². The molecule has 5 heteroatoms. The van der Waals surface area contributed by atoms with Crippen LogP contribution in [0.2, 0.25) is 0 Å². The molecule has 0 aliphatic carbocycles. The van der Waals surface area contributed by atoms with E-state index in [9.17, 15) is 8.42 Å². The average Bonchev–Trinajstić information content (AvgIpc) is 2.34. The van der Waals surface area contributed by atoms with Crippen LogP contribution in [0, 0.1) is 6.92 Å². The van der Waals surface area contributed by atoms with E-state index in [1.165, 1.54) is 12.1 Å². The third-order valence-electron chi connectivity index (χ3n) is 2.20. The van der Waals surface area contributed by atoms with Crippen LogP contribution in [0.5, 0.6) is 0 Å². The van der Waals surface area contributed by atoms with Gasteiger partial charge in [-0.3, -0.25) is 4.72 Å². The molecule has 0 bridgehead atoms. The first-order valence-corrected chi connectivity index (χ1v) is 7.21. The minimum Gasteiger partial charge on any atom is -0.474 e. The summed E-state index contributed by atoms with van der Waals surface area (Å²) in [6, 6.07) is 6.52. The fraction of sp³-hybridized carbons (Fsp3) is 0.214. The van der Waals surface area contributed by atoms with Crippen LogP contribution >= 0.6 is 0 Å². The first kappa shape index (κ1) is 15.1. The van der Waals surface area contributed by atoms with Crippen LogP contribution in [0.3, 0.4) is 0 Å². The highest BCUT2D eigenvalue weighted by molar-refractivity contribution is 7.89. The van der Waals surface area contributed by atoms with Crippen LogP contribution in [0.15, 0.2) is 59.5 Å². The predicted molar refractivity (Wildman–Crippen MR) is 74.9 cm³/mol. The van der Waals surface area contributed by atoms with E-state index in [-0.39, 0.29) is 17.4 Å². The van der Waals surface area contributed by atoms with Gasteiger partial charge in [-0.15, -0.1) is 5.73 Å². The summed E-state index contributed by atoms with van der Waals surface area (Å²) >= 11 is 0. The van der Waals surface area contributed by atoms with Crippen molar-refractivity contribution in [2.45, 2.75) is 18.7 Å². The Balaban J connectivity index is 2.67. The van der Waals surface area contributed by atoms with Crippen molar-refractivity contribution in [3.8, 4) is 0 Å². The zero-order valence-electron chi connectivity index (χ0n) is 11.0. The van der Waals surface area contributed by atoms with Crippen LogP contribution in [0.4, 0.5) is 0 Å². The number of aryl methyl sites for hydroxylation is 1. The average molecular weight is 279 g/mol. The summed E-state index contributed by atoms with van der Waals surface area (Å²) in [7, 11) is -3.64. The van der Waals surface area contributed by atoms with Crippen molar-refractivity contribution in [1.29, 1.82) is 0 Å². The van der Waals surface area contributed by atoms with E-state index in [4.69, 9.17) is 4.74 Å². The molecule has 4 nitrogen and oxygen atoms in total. The van der Waals surface area contributed by atoms with Crippen molar-refractivity contribution in [2.75, 3.05) is 6.61 Å². The molecule has 0 aromatic heterocycles. The summed E-state index contributed by atoms with van der Waals surface area (Å²) in [4.78, 5) is 0.173. The Labute approximate surface area is 114 Å². The first-order chi connectivity index (χ1) is 8.95. The normalized spacial score (nSPS) is 10.2. The molecule has 1 aromatic carbocycles. The molecule has 1 rings (SSSR count). The number of benzene rings is 1. The lowest BCUT2D eigenvalue weighted by Crippen LogP contribution is -2.24. The van der Waals surface area contributed by atoms with Crippen LogP contribution in [-0.2, 0) is 14.8 Å². The van der Waals surface area contributed by atoms with E-state index in [1.54, 1.807) is 24.3 Å². The highest BCUT2D eigenvalue weighted by atomic mass is 32.2. The number of nitrogens with one attached hydrogen (secondary N) is 1. The van der Waals surface area contributed by atoms with Gasteiger partial charge in [0.05, 0.1) is 4.90 Å². The monoisotopic (exact) mass is 279 g/mol. The Morgan fingerprint density at radius 3 is 2.63 bits per heavy atom. The van der Waals surface area contributed by atoms with Gasteiger partial charge in [-0.1, -0.05) is 17.7 Å². The predicted octanol–water partition coefficient (Wildman–Crippen LogP) is 2.49. The quantitative estimate of drug-likeness (QED) is 0.643. The molecular weight excluding hydrogens is 262 g/mol. The van der Waals surface area contributed by atoms with Gasteiger partial charge in [-0.05, 0) is 44.7 Å². The third-order valence-corrected chi connectivity index (χ3v) is 3.59. The molecule has 0 amide bonds. The van der Waals surface area contributed by atoms with Crippen LogP contribution < -0.4 is 4.72 Å². The summed E-state index contributed by atoms with van der Waals surface area (Å²) in [5.74, 6) is -0.0188. The minimum atomic E-state index is -3.64. The molecule has 102 valence electrons. The summed E-state index contributed by atoms with van der Waals surface area (Å²) in [5.41, 5.74) is 3.80. The lowest BCUT2D eigenvalue weighted by Gasteiger charge is -2.10. The fourth-order valence-corrected chi connectivity index (χ4v) is 2.23. The topological polar surface area (TPSA) is 55.4 Å². The van der Waals surface area contributed by atoms with Gasteiger partial charge >= 0.3 is 0 Å². The molecule has 1 aromatic rings. The first-order valence-electron chi connectivity index (χ1n) is 5.72. The van der Waals surface area contributed by atoms with Crippen molar-refractivity contribution in [1.82, 2.24) is 4.72 Å². The number of hydrogen-bond acceptors (Lipinski definition) is 3. The van der Waals surface area contributed by atoms with E-state index in [0.29, 0.717) is 0 Å². The molecule has 0 saturated heterocycles. The Bertz CT molecular complexity index is 594. The molecule has 0 saturated carbocycles. The molecule has 0 aliphatic heterocycles. The maximum absolute atomic E-state index is 12.0. The Hall–Kier alpha value is -1.97. The number of sulfonamides is 1. The van der Waals surface area contributed by atoms with Gasteiger partial charge in [0.15, 0.2) is 5.88 Å². The summed E-state index contributed by atoms with van der Waals surface area (Å²) < 4.78 is 31.3. The highest BCUT2D eigenvalue weighted by Crippen LogP contribution is 2.11. The Morgan fingerprint density at radius 1 is 1.42 bits per heavy atom. The lowest BCUT2D eigenvalue weighted by atomic mass is 10.2. The standard InChI is InChI=1S/C14H17NO3S/c1-4-5-6-11-18-13(3)15-19(16,17)14-9-7-12(2)8-10-14/h4,6-10,15H,3,11H2,1-2H3. The molecule has 0 spiro atoms. The molecule has 0 fully saturated rings. The van der Waals surface area contributed by atoms with E-state index in [0.717, 1.165) is 5.56 Å². The summed E-state index contributed by atoms with van der Waals surface area (Å²) in [6.45, 7) is 7.43. The number of ether oxygens (including phenoxy) is 1. The third kappa shape index (κ3) is 5.04. The second-order valence-corrected chi connectivity index (χ2v) is 5.49. The van der Waals surface area contributed by atoms with Gasteiger partial charge in [-0.25, -0.2) is 8.42 Å². The zero-order chi connectivity index (χ0) is 14.3. The van der Waals surface area contributed by atoms with Crippen molar-refractivity contribution >= 4 is 10.0 Å². The van der Waals surface area contributed by atoms with Gasteiger partial charge < -0.3 is 4.74 Å². The largest absolute Gasteiger partial charge is 0.474 e. The highest BCUT2D eigenvalue weighted by Gasteiger charge is 2.14. The second-order valence-electron chi connectivity index (χ2n) is 3.81. The van der Waals surface area contributed by atoms with Gasteiger partial charge in [-0.2, -0.15) is 0 Å². The molecule has 0 radical (unpaired) electrons. The van der Waals surface area contributed by atoms with Crippen LogP contribution in [-0.4, -0.2) is 15.0 Å². The molecular formula is C14H17NO3S. The van der Waals surface area contributed by atoms with Crippen LogP contribution in [0.1, 0.15) is 12.5 Å². The van der Waals surface area contributed by atoms with Crippen molar-refractivity contribution < 1.29 is 13.2 Å². The minimum absolute atomic E-state index is 0.0188. The number of rotatable bonds is 6. The molecule has 0 heterocycles. The van der Waals surface area contributed by atoms with E-state index < -0.39 is 10.0 Å². The molecule has 0 unspecified atom stereocenters. The maximum atomic E-state index is 12.0. The smallest absolute Gasteiger partial charge is 0.264 e. The van der Waals surface area contributed by atoms with Crippen molar-refractivity contribution in [3.63, 3.8) is 0 Å². The summed E-state index contributed by atoms with van der Waals surface area (Å²) in [6.07, 6.45) is 3.36. The second kappa shape index (κ2) is 6.83. The maximum Gasteiger partial charge on any atom is 0.264 e. The zero-order valence-corrected chi connectivity index (χ0v) is 11.8. The van der Waals surface area contributed by atoms with E-state index >= 15 is 0 Å². The van der Waals surface area contributed by atoms with E-state index in [2.05, 4.69) is 17.0 Å². The van der Waals surface area contributed by atoms with E-state index in [1.807, 2.05) is 13.8 Å². The van der Waals surface area contributed by atoms with Gasteiger partial charge in [0.1, 0.15) is 6.61 Å². The van der Waals surface area contributed by atoms with Crippen molar-refractivity contribution in [2.24, 2.45) is 0 Å². The Morgan fingerprint density at radius 2 is 2.05 bits per heavy atom. The lowest BCUT2D eigenvalue weighted by molar-refractivity contribution is 0.237. The molecule has 0 atom stereocenters. The van der Waals surface area contributed by atoms with Crippen LogP contribution in [0.25, 0.3) is 0 Å². The summed E-state index contributed by atoms with van der Waals surface area (Å²) in [5, 5.41) is 0. The van der Waals surface area contributed by atoms with Gasteiger partial charge in [0.2, 0.25) is 0 Å². The molecule has 1 N–H and O–H groups in total. The molecule has 0 aliphatic rings. The molecule has 19 heavy (non-hydrogen) atoms. The van der Waals surface area contributed by atoms with Gasteiger partial charge in [0.25, 0.3) is 10.0 Å². The van der Waals surface area contributed by atoms with Crippen molar-refractivity contribution in [3.05, 3.63) is 60.2 Å². The SMILES string of the molecule is C=C(NS(=O)(=O)c1ccc(C)cc1)OCC=C=CC. The number of hydrogen-bond donors (Lipinski definition) is 1. The fourth-order valence-electron chi connectivity index (χ4n) is 1.26. The Kier molecular flexibility index (Phi) is 5.42.